The zero-order chi connectivity index (χ0) is 15.2. The van der Waals surface area contributed by atoms with Gasteiger partial charge in [0, 0.05) is 16.0 Å². The Bertz CT molecular complexity index is 255. The Kier molecular flexibility index (Phi) is 3.11. The fraction of sp³-hybridized carbons (Fsp3) is 0.909. The predicted molar refractivity (Wildman–Crippen MR) is 53.2 cm³/mol. The first-order valence-electron chi connectivity index (χ1n) is 8.00. The van der Waals surface area contributed by atoms with Gasteiger partial charge in [0.25, 0.3) is 0 Å². The first kappa shape index (κ1) is 4.26. The molecule has 0 N–H and O–H groups in total. The summed E-state index contributed by atoms with van der Waals surface area (Å²) in [5.41, 5.74) is 0. The van der Waals surface area contributed by atoms with E-state index in [2.05, 4.69) is 0 Å². The van der Waals surface area contributed by atoms with E-state index >= 15 is 0 Å². The van der Waals surface area contributed by atoms with Crippen LogP contribution in [0.1, 0.15) is 68.2 Å². The predicted octanol–water partition coefficient (Wildman–Crippen LogP) is 3.57. The Hall–Kier alpha value is -0.330. The summed E-state index contributed by atoms with van der Waals surface area (Å²) in [6.45, 7) is -5.62. The van der Waals surface area contributed by atoms with Gasteiger partial charge >= 0.3 is 0 Å². The summed E-state index contributed by atoms with van der Waals surface area (Å²) in [6, 6.07) is 0. The summed E-state index contributed by atoms with van der Waals surface area (Å²) in [5, 5.41) is 0. The van der Waals surface area contributed by atoms with Crippen molar-refractivity contribution in [2.45, 2.75) is 58.6 Å². The molecule has 0 fully saturated rings. The number of hydrogen-bond donors (Lipinski definition) is 0. The molecule has 0 aromatic heterocycles. The van der Waals surface area contributed by atoms with Crippen LogP contribution in [0, 0.1) is 5.89 Å². The summed E-state index contributed by atoms with van der Waals surface area (Å²) < 4.78 is 51.4. The summed E-state index contributed by atoms with van der Waals surface area (Å²) in [4.78, 5) is 10.1. The molecule has 72 valence electrons. The van der Waals surface area contributed by atoms with E-state index in [0.717, 1.165) is 25.5 Å². The number of carbonyl (C=O) groups is 1. The molecule has 0 rings (SSSR count). The van der Waals surface area contributed by atoms with Crippen LogP contribution in [0.3, 0.4) is 0 Å². The SMILES string of the molecule is [2H]C([2H])([2H])C([2H])(CCCCCCCC=O)C([2H])([2H])[2H]. The van der Waals surface area contributed by atoms with Crippen molar-refractivity contribution in [3.05, 3.63) is 0 Å². The number of hydrogen-bond acceptors (Lipinski definition) is 1. The molecule has 0 saturated carbocycles. The topological polar surface area (TPSA) is 17.1 Å². The molecule has 0 amide bonds. The highest BCUT2D eigenvalue weighted by Gasteiger charge is 1.93. The summed E-state index contributed by atoms with van der Waals surface area (Å²) in [7, 11) is 0. The van der Waals surface area contributed by atoms with Crippen LogP contribution in [0.5, 0.6) is 0 Å². The lowest BCUT2D eigenvalue weighted by atomic mass is 10.0. The highest BCUT2D eigenvalue weighted by atomic mass is 16.1. The molecule has 0 aliphatic rings. The number of aldehydes is 1. The summed E-state index contributed by atoms with van der Waals surface area (Å²) in [5.74, 6) is -2.39. The lowest BCUT2D eigenvalue weighted by Gasteiger charge is -2.03. The standard InChI is InChI=1S/C11H22O/c1-11(2)9-7-5-3-4-6-8-10-12/h10-11H,3-9H2,1-2H3/i1D3,2D3,11D. The number of rotatable bonds is 8. The van der Waals surface area contributed by atoms with Gasteiger partial charge in [0.15, 0.2) is 0 Å². The van der Waals surface area contributed by atoms with Crippen LogP contribution in [-0.2, 0) is 4.79 Å². The first-order chi connectivity index (χ1) is 8.56. The van der Waals surface area contributed by atoms with Gasteiger partial charge in [0.1, 0.15) is 6.29 Å². The molecular formula is C11H22O. The zero-order valence-electron chi connectivity index (χ0n) is 14.4. The van der Waals surface area contributed by atoms with E-state index in [-0.39, 0.29) is 6.42 Å². The summed E-state index contributed by atoms with van der Waals surface area (Å²) in [6.07, 6.45) is 4.80. The Morgan fingerprint density at radius 1 is 1.25 bits per heavy atom. The van der Waals surface area contributed by atoms with Crippen molar-refractivity contribution in [1.29, 1.82) is 0 Å². The van der Waals surface area contributed by atoms with Crippen LogP contribution in [-0.4, -0.2) is 6.29 Å². The fourth-order valence-electron chi connectivity index (χ4n) is 1.06. The normalized spacial score (nSPS) is 22.2. The fourth-order valence-corrected chi connectivity index (χ4v) is 1.06. The second-order valence-corrected chi connectivity index (χ2v) is 2.95. The van der Waals surface area contributed by atoms with E-state index in [0.29, 0.717) is 19.3 Å². The molecule has 1 nitrogen and oxygen atoms in total. The van der Waals surface area contributed by atoms with Gasteiger partial charge < -0.3 is 4.79 Å². The van der Waals surface area contributed by atoms with Gasteiger partial charge in [-0.3, -0.25) is 0 Å². The van der Waals surface area contributed by atoms with Gasteiger partial charge in [0.05, 0.1) is 0 Å². The third-order valence-corrected chi connectivity index (χ3v) is 1.75. The van der Waals surface area contributed by atoms with Gasteiger partial charge in [-0.2, -0.15) is 0 Å². The third-order valence-electron chi connectivity index (χ3n) is 1.75. The molecule has 0 atom stereocenters. The molecule has 0 saturated heterocycles. The maximum absolute atomic E-state index is 10.1. The van der Waals surface area contributed by atoms with E-state index < -0.39 is 19.6 Å². The quantitative estimate of drug-likeness (QED) is 0.409. The average Bonchev–Trinajstić information content (AvgIpc) is 2.24. The Morgan fingerprint density at radius 2 is 1.92 bits per heavy atom. The molecule has 12 heavy (non-hydrogen) atoms. The maximum Gasteiger partial charge on any atom is 0.119 e. The van der Waals surface area contributed by atoms with Crippen LogP contribution in [0.15, 0.2) is 0 Å². The lowest BCUT2D eigenvalue weighted by molar-refractivity contribution is -0.107. The molecule has 0 spiro atoms. The Morgan fingerprint density at radius 3 is 2.58 bits per heavy atom. The van der Waals surface area contributed by atoms with Crippen LogP contribution >= 0.6 is 0 Å². The van der Waals surface area contributed by atoms with Crippen molar-refractivity contribution in [2.24, 2.45) is 5.89 Å². The molecular weight excluding hydrogens is 148 g/mol. The minimum absolute atomic E-state index is 0.159. The van der Waals surface area contributed by atoms with E-state index in [1.165, 1.54) is 0 Å². The minimum Gasteiger partial charge on any atom is -0.303 e. The monoisotopic (exact) mass is 177 g/mol. The van der Waals surface area contributed by atoms with Gasteiger partial charge in [0.2, 0.25) is 0 Å². The molecule has 0 aromatic rings. The van der Waals surface area contributed by atoms with E-state index in [9.17, 15) is 4.79 Å². The van der Waals surface area contributed by atoms with Crippen LogP contribution < -0.4 is 0 Å². The Labute approximate surface area is 86.4 Å². The van der Waals surface area contributed by atoms with Crippen molar-refractivity contribution in [3.8, 4) is 0 Å². The number of carbonyl (C=O) groups excluding carboxylic acids is 1. The van der Waals surface area contributed by atoms with Gasteiger partial charge in [-0.15, -0.1) is 0 Å². The second kappa shape index (κ2) is 8.76. The third kappa shape index (κ3) is 9.67. The molecule has 0 bridgehead atoms. The van der Waals surface area contributed by atoms with Gasteiger partial charge in [-0.05, 0) is 12.3 Å². The second-order valence-electron chi connectivity index (χ2n) is 2.95. The smallest absolute Gasteiger partial charge is 0.119 e. The zero-order valence-corrected chi connectivity index (χ0v) is 7.44. The molecule has 0 radical (unpaired) electrons. The first-order valence-corrected chi connectivity index (χ1v) is 4.50. The Balaban J connectivity index is 4.21. The highest BCUT2D eigenvalue weighted by Crippen LogP contribution is 2.10. The highest BCUT2D eigenvalue weighted by molar-refractivity contribution is 5.48. The van der Waals surface area contributed by atoms with Crippen molar-refractivity contribution in [3.63, 3.8) is 0 Å². The molecule has 0 aliphatic carbocycles. The van der Waals surface area contributed by atoms with Crippen molar-refractivity contribution in [2.75, 3.05) is 0 Å². The van der Waals surface area contributed by atoms with Gasteiger partial charge in [-0.25, -0.2) is 0 Å². The molecule has 0 unspecified atom stereocenters. The van der Waals surface area contributed by atoms with E-state index in [1.807, 2.05) is 0 Å². The molecule has 0 aromatic carbocycles. The largest absolute Gasteiger partial charge is 0.303 e. The maximum atomic E-state index is 10.1. The van der Waals surface area contributed by atoms with E-state index in [4.69, 9.17) is 9.60 Å². The summed E-state index contributed by atoms with van der Waals surface area (Å²) >= 11 is 0. The number of unbranched alkanes of at least 4 members (excludes halogenated alkanes) is 5. The molecule has 0 heterocycles. The van der Waals surface area contributed by atoms with Crippen LogP contribution in [0.25, 0.3) is 0 Å². The van der Waals surface area contributed by atoms with Crippen LogP contribution in [0.2, 0.25) is 0 Å². The van der Waals surface area contributed by atoms with E-state index in [1.54, 1.807) is 0 Å². The van der Waals surface area contributed by atoms with Crippen molar-refractivity contribution >= 4 is 6.29 Å². The molecule has 1 heteroatoms. The lowest BCUT2D eigenvalue weighted by Crippen LogP contribution is -1.87. The van der Waals surface area contributed by atoms with Gasteiger partial charge in [-0.1, -0.05) is 45.8 Å². The van der Waals surface area contributed by atoms with Crippen molar-refractivity contribution < 1.29 is 14.4 Å². The molecule has 0 aliphatic heterocycles. The van der Waals surface area contributed by atoms with Crippen LogP contribution in [0.4, 0.5) is 0 Å². The average molecular weight is 177 g/mol. The van der Waals surface area contributed by atoms with Crippen molar-refractivity contribution in [1.82, 2.24) is 0 Å². The minimum atomic E-state index is -2.81.